The molecule has 3 N–H and O–H groups in total. The maximum atomic E-state index is 13.4. The van der Waals surface area contributed by atoms with E-state index < -0.39 is 17.5 Å². The molecule has 2 rings (SSSR count). The van der Waals surface area contributed by atoms with Crippen molar-refractivity contribution in [1.82, 2.24) is 0 Å². The number of nitrogens with two attached hydrogens (primary N) is 1. The van der Waals surface area contributed by atoms with Crippen LogP contribution in [0.1, 0.15) is 0 Å². The van der Waals surface area contributed by atoms with Gasteiger partial charge in [0.25, 0.3) is 0 Å². The summed E-state index contributed by atoms with van der Waals surface area (Å²) in [6.07, 6.45) is 0. The predicted octanol–water partition coefficient (Wildman–Crippen LogP) is 3.43. The van der Waals surface area contributed by atoms with Crippen molar-refractivity contribution in [1.29, 1.82) is 0 Å². The molecule has 0 heterocycles. The van der Waals surface area contributed by atoms with E-state index in [-0.39, 0.29) is 5.69 Å². The van der Waals surface area contributed by atoms with Crippen LogP contribution in [0.3, 0.4) is 0 Å². The molecule has 17 heavy (non-hydrogen) atoms. The van der Waals surface area contributed by atoms with Crippen LogP contribution in [-0.4, -0.2) is 0 Å². The number of hydrogen-bond acceptors (Lipinski definition) is 2. The smallest absolute Gasteiger partial charge is 0.182 e. The summed E-state index contributed by atoms with van der Waals surface area (Å²) in [5, 5.41) is 2.54. The molecule has 2 aromatic rings. The van der Waals surface area contributed by atoms with Crippen molar-refractivity contribution in [3.63, 3.8) is 0 Å². The van der Waals surface area contributed by atoms with Crippen LogP contribution in [0.15, 0.2) is 36.4 Å². The Labute approximate surface area is 95.9 Å². The minimum atomic E-state index is -1.25. The van der Waals surface area contributed by atoms with Crippen molar-refractivity contribution in [2.45, 2.75) is 0 Å². The maximum Gasteiger partial charge on any atom is 0.182 e. The van der Waals surface area contributed by atoms with Gasteiger partial charge in [-0.2, -0.15) is 0 Å². The minimum absolute atomic E-state index is 0.291. The molecule has 0 saturated carbocycles. The lowest BCUT2D eigenvalue weighted by Crippen LogP contribution is -2.00. The quantitative estimate of drug-likeness (QED) is 0.621. The lowest BCUT2D eigenvalue weighted by molar-refractivity contribution is 0.498. The zero-order valence-corrected chi connectivity index (χ0v) is 8.68. The molecule has 0 amide bonds. The highest BCUT2D eigenvalue weighted by Crippen LogP contribution is 2.26. The van der Waals surface area contributed by atoms with E-state index in [0.717, 1.165) is 6.07 Å². The lowest BCUT2D eigenvalue weighted by Gasteiger charge is -2.10. The van der Waals surface area contributed by atoms with Crippen LogP contribution in [0.25, 0.3) is 0 Å². The number of nitrogen functional groups attached to an aromatic ring is 1. The third-order valence-electron chi connectivity index (χ3n) is 2.22. The zero-order valence-electron chi connectivity index (χ0n) is 8.68. The Bertz CT molecular complexity index is 555. The van der Waals surface area contributed by atoms with Gasteiger partial charge in [0, 0.05) is 12.1 Å². The van der Waals surface area contributed by atoms with Crippen molar-refractivity contribution >= 4 is 17.1 Å². The molecule has 0 bridgehead atoms. The van der Waals surface area contributed by atoms with Gasteiger partial charge in [-0.1, -0.05) is 12.1 Å². The molecule has 2 aromatic carbocycles. The Kier molecular flexibility index (Phi) is 2.91. The van der Waals surface area contributed by atoms with Crippen molar-refractivity contribution in [3.05, 3.63) is 53.8 Å². The number of para-hydroxylation sites is 2. The first-order chi connectivity index (χ1) is 8.08. The average Bonchev–Trinajstić information content (AvgIpc) is 2.28. The van der Waals surface area contributed by atoms with Gasteiger partial charge >= 0.3 is 0 Å². The monoisotopic (exact) mass is 238 g/mol. The Hall–Kier alpha value is -2.17. The number of benzene rings is 2. The summed E-state index contributed by atoms with van der Waals surface area (Å²) < 4.78 is 39.2. The molecule has 0 radical (unpaired) electrons. The summed E-state index contributed by atoms with van der Waals surface area (Å²) in [4.78, 5) is 0. The van der Waals surface area contributed by atoms with Gasteiger partial charge < -0.3 is 11.1 Å². The van der Waals surface area contributed by atoms with Crippen LogP contribution >= 0.6 is 0 Å². The summed E-state index contributed by atoms with van der Waals surface area (Å²) in [5.41, 5.74) is 6.07. The predicted molar refractivity (Wildman–Crippen MR) is 60.5 cm³/mol. The normalized spacial score (nSPS) is 10.3. The van der Waals surface area contributed by atoms with Crippen LogP contribution in [0.5, 0.6) is 0 Å². The number of anilines is 3. The fraction of sp³-hybridized carbons (Fsp3) is 0. The highest BCUT2D eigenvalue weighted by molar-refractivity contribution is 5.72. The second-order valence-electron chi connectivity index (χ2n) is 3.46. The fourth-order valence-corrected chi connectivity index (χ4v) is 1.40. The van der Waals surface area contributed by atoms with E-state index in [2.05, 4.69) is 5.32 Å². The van der Waals surface area contributed by atoms with Crippen molar-refractivity contribution < 1.29 is 13.2 Å². The maximum absolute atomic E-state index is 13.4. The lowest BCUT2D eigenvalue weighted by atomic mass is 10.2. The molecule has 0 saturated heterocycles. The molecule has 88 valence electrons. The van der Waals surface area contributed by atoms with Crippen LogP contribution in [0.2, 0.25) is 0 Å². The Morgan fingerprint density at radius 1 is 0.941 bits per heavy atom. The molecule has 0 spiro atoms. The van der Waals surface area contributed by atoms with Gasteiger partial charge in [0.1, 0.15) is 5.82 Å². The highest BCUT2D eigenvalue weighted by Gasteiger charge is 2.11. The largest absolute Gasteiger partial charge is 0.397 e. The zero-order chi connectivity index (χ0) is 12.4. The van der Waals surface area contributed by atoms with E-state index in [1.807, 2.05) is 0 Å². The van der Waals surface area contributed by atoms with Gasteiger partial charge in [-0.3, -0.25) is 0 Å². The summed E-state index contributed by atoms with van der Waals surface area (Å²) in [6.45, 7) is 0. The second kappa shape index (κ2) is 4.37. The van der Waals surface area contributed by atoms with Crippen LogP contribution < -0.4 is 11.1 Å². The van der Waals surface area contributed by atoms with E-state index in [1.54, 1.807) is 24.3 Å². The third-order valence-corrected chi connectivity index (χ3v) is 2.22. The number of rotatable bonds is 2. The van der Waals surface area contributed by atoms with Gasteiger partial charge in [0.05, 0.1) is 17.1 Å². The van der Waals surface area contributed by atoms with Gasteiger partial charge in [0.15, 0.2) is 11.6 Å². The molecular formula is C12H9F3N2. The van der Waals surface area contributed by atoms with Crippen molar-refractivity contribution in [3.8, 4) is 0 Å². The second-order valence-corrected chi connectivity index (χ2v) is 3.46. The van der Waals surface area contributed by atoms with Gasteiger partial charge in [-0.25, -0.2) is 13.2 Å². The average molecular weight is 238 g/mol. The van der Waals surface area contributed by atoms with E-state index in [1.165, 1.54) is 0 Å². The van der Waals surface area contributed by atoms with Gasteiger partial charge in [-0.15, -0.1) is 0 Å². The van der Waals surface area contributed by atoms with E-state index in [9.17, 15) is 13.2 Å². The number of halogens is 3. The van der Waals surface area contributed by atoms with Gasteiger partial charge in [-0.05, 0) is 12.1 Å². The molecule has 2 nitrogen and oxygen atoms in total. The molecule has 0 aliphatic carbocycles. The molecule has 0 fully saturated rings. The molecule has 0 aliphatic heterocycles. The third kappa shape index (κ3) is 2.33. The topological polar surface area (TPSA) is 38.0 Å². The molecule has 5 heteroatoms. The molecule has 0 aliphatic rings. The minimum Gasteiger partial charge on any atom is -0.397 e. The fourth-order valence-electron chi connectivity index (χ4n) is 1.40. The molecule has 0 aromatic heterocycles. The highest BCUT2D eigenvalue weighted by atomic mass is 19.2. The first kappa shape index (κ1) is 11.3. The Morgan fingerprint density at radius 2 is 1.65 bits per heavy atom. The SMILES string of the molecule is Nc1ccccc1Nc1cc(F)cc(F)c1F. The van der Waals surface area contributed by atoms with Crippen LogP contribution in [0.4, 0.5) is 30.2 Å². The summed E-state index contributed by atoms with van der Waals surface area (Å²) in [5.74, 6) is -3.25. The van der Waals surface area contributed by atoms with Crippen LogP contribution in [-0.2, 0) is 0 Å². The first-order valence-electron chi connectivity index (χ1n) is 4.84. The summed E-state index contributed by atoms with van der Waals surface area (Å²) in [7, 11) is 0. The standard InChI is InChI=1S/C12H9F3N2/c13-7-5-8(14)12(15)11(6-7)17-10-4-2-1-3-9(10)16/h1-6,17H,16H2. The van der Waals surface area contributed by atoms with Crippen LogP contribution in [0, 0.1) is 17.5 Å². The molecular weight excluding hydrogens is 229 g/mol. The summed E-state index contributed by atoms with van der Waals surface area (Å²) in [6, 6.07) is 7.89. The Morgan fingerprint density at radius 3 is 2.35 bits per heavy atom. The van der Waals surface area contributed by atoms with Gasteiger partial charge in [0.2, 0.25) is 0 Å². The van der Waals surface area contributed by atoms with E-state index in [0.29, 0.717) is 17.4 Å². The van der Waals surface area contributed by atoms with E-state index >= 15 is 0 Å². The number of hydrogen-bond donors (Lipinski definition) is 2. The Balaban J connectivity index is 2.40. The number of nitrogens with one attached hydrogen (secondary N) is 1. The first-order valence-corrected chi connectivity index (χ1v) is 4.84. The summed E-state index contributed by atoms with van der Waals surface area (Å²) >= 11 is 0. The van der Waals surface area contributed by atoms with Crippen molar-refractivity contribution in [2.24, 2.45) is 0 Å². The molecule has 0 unspecified atom stereocenters. The molecule has 0 atom stereocenters. The van der Waals surface area contributed by atoms with Crippen molar-refractivity contribution in [2.75, 3.05) is 11.1 Å². The van der Waals surface area contributed by atoms with E-state index in [4.69, 9.17) is 5.73 Å².